The van der Waals surface area contributed by atoms with Gasteiger partial charge in [0.2, 0.25) is 0 Å². The summed E-state index contributed by atoms with van der Waals surface area (Å²) < 4.78 is 0. The van der Waals surface area contributed by atoms with E-state index in [9.17, 15) is 0 Å². The summed E-state index contributed by atoms with van der Waals surface area (Å²) >= 11 is 0. The molecule has 1 aliphatic heterocycles. The summed E-state index contributed by atoms with van der Waals surface area (Å²) in [5, 5.41) is 3.69. The van der Waals surface area contributed by atoms with E-state index in [0.717, 1.165) is 12.1 Å². The van der Waals surface area contributed by atoms with Gasteiger partial charge in [0, 0.05) is 18.6 Å². The van der Waals surface area contributed by atoms with E-state index in [1.807, 2.05) is 0 Å². The van der Waals surface area contributed by atoms with Crippen molar-refractivity contribution in [2.45, 2.75) is 71.4 Å². The molecule has 0 aromatic carbocycles. The third-order valence-corrected chi connectivity index (χ3v) is 4.08. The fourth-order valence-electron chi connectivity index (χ4n) is 2.70. The summed E-state index contributed by atoms with van der Waals surface area (Å²) in [6, 6.07) is 1.69. The zero-order valence-corrected chi connectivity index (χ0v) is 12.0. The van der Waals surface area contributed by atoms with Crippen molar-refractivity contribution in [1.82, 2.24) is 10.2 Å². The maximum Gasteiger partial charge on any atom is 0.0195 e. The van der Waals surface area contributed by atoms with Crippen LogP contribution in [0, 0.1) is 5.41 Å². The highest BCUT2D eigenvalue weighted by Gasteiger charge is 2.31. The van der Waals surface area contributed by atoms with Crippen LogP contribution in [-0.2, 0) is 0 Å². The first-order valence-corrected chi connectivity index (χ1v) is 7.52. The van der Waals surface area contributed by atoms with Crippen molar-refractivity contribution in [1.29, 1.82) is 0 Å². The van der Waals surface area contributed by atoms with E-state index < -0.39 is 0 Å². The molecular weight excluding hydrogens is 208 g/mol. The third kappa shape index (κ3) is 4.97. The highest BCUT2D eigenvalue weighted by atomic mass is 15.2. The molecule has 0 aromatic rings. The Balaban J connectivity index is 1.76. The molecule has 0 spiro atoms. The lowest BCUT2D eigenvalue weighted by molar-refractivity contribution is 0.188. The zero-order valence-electron chi connectivity index (χ0n) is 12.0. The van der Waals surface area contributed by atoms with Crippen LogP contribution in [0.15, 0.2) is 0 Å². The summed E-state index contributed by atoms with van der Waals surface area (Å²) in [7, 11) is 0. The molecule has 0 amide bonds. The minimum atomic E-state index is 0.479. The van der Waals surface area contributed by atoms with Crippen molar-refractivity contribution < 1.29 is 0 Å². The van der Waals surface area contributed by atoms with E-state index in [-0.39, 0.29) is 0 Å². The molecule has 2 heteroatoms. The van der Waals surface area contributed by atoms with E-state index in [1.54, 1.807) is 0 Å². The molecule has 0 aromatic heterocycles. The molecule has 2 nitrogen and oxygen atoms in total. The molecule has 0 radical (unpaired) electrons. The van der Waals surface area contributed by atoms with Crippen molar-refractivity contribution in [2.24, 2.45) is 5.41 Å². The Morgan fingerprint density at radius 1 is 1.12 bits per heavy atom. The lowest BCUT2D eigenvalue weighted by Crippen LogP contribution is -2.45. The van der Waals surface area contributed by atoms with Gasteiger partial charge in [-0.15, -0.1) is 0 Å². The Morgan fingerprint density at radius 3 is 2.41 bits per heavy atom. The second-order valence-electron chi connectivity index (χ2n) is 7.18. The van der Waals surface area contributed by atoms with Gasteiger partial charge >= 0.3 is 0 Å². The lowest BCUT2D eigenvalue weighted by Gasteiger charge is -2.32. The largest absolute Gasteiger partial charge is 0.313 e. The van der Waals surface area contributed by atoms with Crippen LogP contribution in [0.4, 0.5) is 0 Å². The standard InChI is InChI=1S/C15H30N2/c1-15(2,3)9-11-17(14-7-8-14)12-13-6-4-5-10-16-13/h13-14,16H,4-12H2,1-3H3. The highest BCUT2D eigenvalue weighted by molar-refractivity contribution is 4.88. The Hall–Kier alpha value is -0.0800. The van der Waals surface area contributed by atoms with Crippen LogP contribution in [0.1, 0.15) is 59.3 Å². The van der Waals surface area contributed by atoms with E-state index in [2.05, 4.69) is 31.0 Å². The highest BCUT2D eigenvalue weighted by Crippen LogP contribution is 2.29. The number of hydrogen-bond acceptors (Lipinski definition) is 2. The number of nitrogens with one attached hydrogen (secondary N) is 1. The average molecular weight is 238 g/mol. The summed E-state index contributed by atoms with van der Waals surface area (Å²) in [6.45, 7) is 10.9. The molecule has 1 heterocycles. The van der Waals surface area contributed by atoms with Crippen molar-refractivity contribution in [3.8, 4) is 0 Å². The second kappa shape index (κ2) is 5.71. The van der Waals surface area contributed by atoms with Gasteiger partial charge in [-0.1, -0.05) is 27.2 Å². The number of nitrogens with zero attached hydrogens (tertiary/aromatic N) is 1. The van der Waals surface area contributed by atoms with Crippen LogP contribution in [0.3, 0.4) is 0 Å². The summed E-state index contributed by atoms with van der Waals surface area (Å²) in [5.74, 6) is 0. The van der Waals surface area contributed by atoms with E-state index in [1.165, 1.54) is 58.2 Å². The Morgan fingerprint density at radius 2 is 1.88 bits per heavy atom. The fourth-order valence-corrected chi connectivity index (χ4v) is 2.70. The molecular formula is C15H30N2. The first kappa shape index (κ1) is 13.4. The topological polar surface area (TPSA) is 15.3 Å². The van der Waals surface area contributed by atoms with Crippen molar-refractivity contribution >= 4 is 0 Å². The predicted molar refractivity (Wildman–Crippen MR) is 74.3 cm³/mol. The van der Waals surface area contributed by atoms with Gasteiger partial charge in [-0.25, -0.2) is 0 Å². The third-order valence-electron chi connectivity index (χ3n) is 4.08. The maximum atomic E-state index is 3.69. The number of piperidine rings is 1. The minimum absolute atomic E-state index is 0.479. The van der Waals surface area contributed by atoms with Crippen molar-refractivity contribution in [2.75, 3.05) is 19.6 Å². The predicted octanol–water partition coefficient (Wildman–Crippen LogP) is 3.03. The molecule has 100 valence electrons. The van der Waals surface area contributed by atoms with Crippen LogP contribution in [-0.4, -0.2) is 36.6 Å². The van der Waals surface area contributed by atoms with Crippen LogP contribution in [0.25, 0.3) is 0 Å². The summed E-state index contributed by atoms with van der Waals surface area (Å²) in [5.41, 5.74) is 0.479. The van der Waals surface area contributed by atoms with Crippen molar-refractivity contribution in [3.63, 3.8) is 0 Å². The van der Waals surface area contributed by atoms with Gasteiger partial charge in [0.1, 0.15) is 0 Å². The Labute approximate surface area is 107 Å². The first-order chi connectivity index (χ1) is 8.04. The zero-order chi connectivity index (χ0) is 12.3. The molecule has 17 heavy (non-hydrogen) atoms. The molecule has 1 N–H and O–H groups in total. The maximum absolute atomic E-state index is 3.69. The van der Waals surface area contributed by atoms with Gasteiger partial charge < -0.3 is 5.32 Å². The normalized spacial score (nSPS) is 26.5. The number of rotatable bonds is 5. The lowest BCUT2D eigenvalue weighted by atomic mass is 9.92. The molecule has 1 saturated heterocycles. The molecule has 2 fully saturated rings. The van der Waals surface area contributed by atoms with E-state index >= 15 is 0 Å². The molecule has 0 bridgehead atoms. The Bertz CT molecular complexity index is 222. The smallest absolute Gasteiger partial charge is 0.0195 e. The monoisotopic (exact) mass is 238 g/mol. The minimum Gasteiger partial charge on any atom is -0.313 e. The number of hydrogen-bond donors (Lipinski definition) is 1. The van der Waals surface area contributed by atoms with Crippen LogP contribution >= 0.6 is 0 Å². The van der Waals surface area contributed by atoms with Crippen LogP contribution in [0.2, 0.25) is 0 Å². The van der Waals surface area contributed by atoms with Crippen LogP contribution in [0.5, 0.6) is 0 Å². The molecule has 1 aliphatic carbocycles. The van der Waals surface area contributed by atoms with Gasteiger partial charge in [0.25, 0.3) is 0 Å². The van der Waals surface area contributed by atoms with Gasteiger partial charge in [-0.3, -0.25) is 4.90 Å². The first-order valence-electron chi connectivity index (χ1n) is 7.52. The van der Waals surface area contributed by atoms with Gasteiger partial charge in [-0.05, 0) is 50.6 Å². The summed E-state index contributed by atoms with van der Waals surface area (Å²) in [6.07, 6.45) is 8.40. The van der Waals surface area contributed by atoms with Gasteiger partial charge in [0.15, 0.2) is 0 Å². The van der Waals surface area contributed by atoms with E-state index in [4.69, 9.17) is 0 Å². The fraction of sp³-hybridized carbons (Fsp3) is 1.00. The quantitative estimate of drug-likeness (QED) is 0.792. The van der Waals surface area contributed by atoms with Crippen LogP contribution < -0.4 is 5.32 Å². The molecule has 2 rings (SSSR count). The molecule has 1 atom stereocenters. The van der Waals surface area contributed by atoms with Gasteiger partial charge in [-0.2, -0.15) is 0 Å². The molecule has 1 unspecified atom stereocenters. The van der Waals surface area contributed by atoms with Gasteiger partial charge in [0.05, 0.1) is 0 Å². The summed E-state index contributed by atoms with van der Waals surface area (Å²) in [4.78, 5) is 2.76. The second-order valence-corrected chi connectivity index (χ2v) is 7.18. The van der Waals surface area contributed by atoms with E-state index in [0.29, 0.717) is 5.41 Å². The average Bonchev–Trinajstić information content (AvgIpc) is 3.08. The van der Waals surface area contributed by atoms with Crippen molar-refractivity contribution in [3.05, 3.63) is 0 Å². The Kier molecular flexibility index (Phi) is 4.48. The molecule has 1 saturated carbocycles. The SMILES string of the molecule is CC(C)(C)CCN(CC1CCCCN1)C1CC1. The molecule has 2 aliphatic rings.